The van der Waals surface area contributed by atoms with Gasteiger partial charge in [0.2, 0.25) is 0 Å². The summed E-state index contributed by atoms with van der Waals surface area (Å²) in [4.78, 5) is 4.24. The fourth-order valence-corrected chi connectivity index (χ4v) is 2.75. The van der Waals surface area contributed by atoms with Crippen molar-refractivity contribution in [2.75, 3.05) is 0 Å². The normalized spacial score (nSPS) is 15.2. The van der Waals surface area contributed by atoms with E-state index in [0.717, 1.165) is 21.6 Å². The van der Waals surface area contributed by atoms with Crippen molar-refractivity contribution < 1.29 is 0 Å². The van der Waals surface area contributed by atoms with Crippen LogP contribution in [0.1, 0.15) is 30.0 Å². The summed E-state index contributed by atoms with van der Waals surface area (Å²) in [5.41, 5.74) is 2.47. The van der Waals surface area contributed by atoms with E-state index in [4.69, 9.17) is 11.6 Å². The van der Waals surface area contributed by atoms with Crippen molar-refractivity contribution in [1.82, 2.24) is 9.55 Å². The minimum atomic E-state index is 0.715. The van der Waals surface area contributed by atoms with Gasteiger partial charge in [-0.05, 0) is 30.5 Å². The number of aromatic nitrogens is 2. The SMILES string of the molecule is Clc1cc(Br)ccc1Cn1cncc1C1CC1. The van der Waals surface area contributed by atoms with E-state index in [1.807, 2.05) is 24.7 Å². The zero-order valence-corrected chi connectivity index (χ0v) is 11.6. The Morgan fingerprint density at radius 1 is 1.41 bits per heavy atom. The van der Waals surface area contributed by atoms with Crippen molar-refractivity contribution in [1.29, 1.82) is 0 Å². The van der Waals surface area contributed by atoms with Crippen LogP contribution in [-0.2, 0) is 6.54 Å². The zero-order valence-electron chi connectivity index (χ0n) is 9.24. The molecule has 0 unspecified atom stereocenters. The maximum Gasteiger partial charge on any atom is 0.0951 e. The Kier molecular flexibility index (Phi) is 2.97. The van der Waals surface area contributed by atoms with Crippen LogP contribution in [0.3, 0.4) is 0 Å². The van der Waals surface area contributed by atoms with Crippen molar-refractivity contribution in [3.63, 3.8) is 0 Å². The second kappa shape index (κ2) is 4.46. The second-order valence-corrected chi connectivity index (χ2v) is 5.78. The molecule has 0 saturated heterocycles. The maximum absolute atomic E-state index is 6.23. The first kappa shape index (κ1) is 11.3. The summed E-state index contributed by atoms with van der Waals surface area (Å²) >= 11 is 9.65. The molecule has 0 radical (unpaired) electrons. The molecular formula is C13H12BrClN2. The van der Waals surface area contributed by atoms with Crippen molar-refractivity contribution in [3.8, 4) is 0 Å². The Bertz CT molecular complexity index is 546. The molecular weight excluding hydrogens is 300 g/mol. The molecule has 0 aliphatic heterocycles. The lowest BCUT2D eigenvalue weighted by Gasteiger charge is -2.09. The molecule has 1 aromatic carbocycles. The topological polar surface area (TPSA) is 17.8 Å². The second-order valence-electron chi connectivity index (χ2n) is 4.46. The lowest BCUT2D eigenvalue weighted by Crippen LogP contribution is -2.02. The van der Waals surface area contributed by atoms with E-state index < -0.39 is 0 Å². The highest BCUT2D eigenvalue weighted by atomic mass is 79.9. The third-order valence-corrected chi connectivity index (χ3v) is 3.94. The monoisotopic (exact) mass is 310 g/mol. The van der Waals surface area contributed by atoms with Gasteiger partial charge in [0.05, 0.1) is 12.9 Å². The number of imidazole rings is 1. The van der Waals surface area contributed by atoms with E-state index in [1.54, 1.807) is 0 Å². The Hall–Kier alpha value is -0.800. The van der Waals surface area contributed by atoms with Crippen LogP contribution in [0, 0.1) is 0 Å². The highest BCUT2D eigenvalue weighted by Gasteiger charge is 2.26. The van der Waals surface area contributed by atoms with Crippen LogP contribution in [0.2, 0.25) is 5.02 Å². The third kappa shape index (κ3) is 2.40. The molecule has 17 heavy (non-hydrogen) atoms. The van der Waals surface area contributed by atoms with Crippen molar-refractivity contribution in [3.05, 3.63) is 51.5 Å². The lowest BCUT2D eigenvalue weighted by atomic mass is 10.2. The summed E-state index contributed by atoms with van der Waals surface area (Å²) in [6.45, 7) is 0.804. The minimum absolute atomic E-state index is 0.715. The molecule has 1 aliphatic rings. The van der Waals surface area contributed by atoms with E-state index in [9.17, 15) is 0 Å². The Labute approximate surface area is 114 Å². The molecule has 2 aromatic rings. The zero-order chi connectivity index (χ0) is 11.8. The summed E-state index contributed by atoms with van der Waals surface area (Å²) in [6.07, 6.45) is 6.45. The first-order valence-electron chi connectivity index (χ1n) is 5.68. The predicted octanol–water partition coefficient (Wildman–Crippen LogP) is 4.22. The highest BCUT2D eigenvalue weighted by molar-refractivity contribution is 9.10. The number of nitrogens with zero attached hydrogens (tertiary/aromatic N) is 2. The van der Waals surface area contributed by atoms with Crippen LogP contribution in [0.15, 0.2) is 35.2 Å². The van der Waals surface area contributed by atoms with E-state index in [0.29, 0.717) is 5.92 Å². The van der Waals surface area contributed by atoms with Crippen LogP contribution in [0.5, 0.6) is 0 Å². The Morgan fingerprint density at radius 2 is 2.24 bits per heavy atom. The summed E-state index contributed by atoms with van der Waals surface area (Å²) in [5.74, 6) is 0.715. The maximum atomic E-state index is 6.23. The van der Waals surface area contributed by atoms with Gasteiger partial charge in [-0.25, -0.2) is 4.98 Å². The van der Waals surface area contributed by atoms with E-state index in [2.05, 4.69) is 31.5 Å². The molecule has 0 amide bonds. The molecule has 4 heteroatoms. The van der Waals surface area contributed by atoms with Gasteiger partial charge in [0.1, 0.15) is 0 Å². The van der Waals surface area contributed by atoms with Gasteiger partial charge in [-0.1, -0.05) is 33.6 Å². The number of benzene rings is 1. The molecule has 1 aromatic heterocycles. The molecule has 2 nitrogen and oxygen atoms in total. The third-order valence-electron chi connectivity index (χ3n) is 3.10. The van der Waals surface area contributed by atoms with E-state index in [1.165, 1.54) is 18.5 Å². The lowest BCUT2D eigenvalue weighted by molar-refractivity contribution is 0.742. The average Bonchev–Trinajstić information content (AvgIpc) is 3.03. The van der Waals surface area contributed by atoms with Crippen molar-refractivity contribution >= 4 is 27.5 Å². The summed E-state index contributed by atoms with van der Waals surface area (Å²) < 4.78 is 3.21. The van der Waals surface area contributed by atoms with Gasteiger partial charge in [-0.3, -0.25) is 0 Å². The number of halogens is 2. The van der Waals surface area contributed by atoms with Gasteiger partial charge < -0.3 is 4.57 Å². The molecule has 0 spiro atoms. The molecule has 0 atom stereocenters. The van der Waals surface area contributed by atoms with Crippen LogP contribution in [0.4, 0.5) is 0 Å². The van der Waals surface area contributed by atoms with Crippen LogP contribution >= 0.6 is 27.5 Å². The van der Waals surface area contributed by atoms with Gasteiger partial charge in [0.25, 0.3) is 0 Å². The number of rotatable bonds is 3. The molecule has 88 valence electrons. The first-order valence-corrected chi connectivity index (χ1v) is 6.85. The Morgan fingerprint density at radius 3 is 2.94 bits per heavy atom. The molecule has 3 rings (SSSR count). The van der Waals surface area contributed by atoms with Gasteiger partial charge in [-0.2, -0.15) is 0 Å². The molecule has 0 N–H and O–H groups in total. The molecule has 1 aliphatic carbocycles. The van der Waals surface area contributed by atoms with Crippen LogP contribution < -0.4 is 0 Å². The standard InChI is InChI=1S/C13H12BrClN2/c14-11-4-3-10(12(15)5-11)7-17-8-16-6-13(17)9-1-2-9/h3-6,8-9H,1-2,7H2. The summed E-state index contributed by atoms with van der Waals surface area (Å²) in [5, 5.41) is 0.801. The fourth-order valence-electron chi connectivity index (χ4n) is 2.02. The number of hydrogen-bond donors (Lipinski definition) is 0. The minimum Gasteiger partial charge on any atom is -0.330 e. The van der Waals surface area contributed by atoms with Crippen molar-refractivity contribution in [2.24, 2.45) is 0 Å². The highest BCUT2D eigenvalue weighted by Crippen LogP contribution is 2.40. The molecule has 1 heterocycles. The molecule has 0 bridgehead atoms. The smallest absolute Gasteiger partial charge is 0.0951 e. The van der Waals surface area contributed by atoms with E-state index >= 15 is 0 Å². The largest absolute Gasteiger partial charge is 0.330 e. The van der Waals surface area contributed by atoms with Crippen LogP contribution in [0.25, 0.3) is 0 Å². The molecule has 1 fully saturated rings. The Balaban J connectivity index is 1.88. The van der Waals surface area contributed by atoms with Crippen LogP contribution in [-0.4, -0.2) is 9.55 Å². The van der Waals surface area contributed by atoms with Gasteiger partial charge in [0.15, 0.2) is 0 Å². The van der Waals surface area contributed by atoms with Crippen molar-refractivity contribution in [2.45, 2.75) is 25.3 Å². The predicted molar refractivity (Wildman–Crippen MR) is 72.5 cm³/mol. The summed E-state index contributed by atoms with van der Waals surface area (Å²) in [7, 11) is 0. The van der Waals surface area contributed by atoms with Gasteiger partial charge in [0, 0.05) is 27.3 Å². The first-order chi connectivity index (χ1) is 8.24. The average molecular weight is 312 g/mol. The molecule has 1 saturated carbocycles. The number of hydrogen-bond acceptors (Lipinski definition) is 1. The summed E-state index contributed by atoms with van der Waals surface area (Å²) in [6, 6.07) is 6.02. The van der Waals surface area contributed by atoms with E-state index in [-0.39, 0.29) is 0 Å². The van der Waals surface area contributed by atoms with Gasteiger partial charge >= 0.3 is 0 Å². The van der Waals surface area contributed by atoms with Gasteiger partial charge in [-0.15, -0.1) is 0 Å². The quantitative estimate of drug-likeness (QED) is 0.829. The fraction of sp³-hybridized carbons (Fsp3) is 0.308.